The normalized spacial score (nSPS) is 18.7. The van der Waals surface area contributed by atoms with Gasteiger partial charge < -0.3 is 5.32 Å². The third-order valence-electron chi connectivity index (χ3n) is 2.92. The summed E-state index contributed by atoms with van der Waals surface area (Å²) in [5.74, 6) is 0. The smallest absolute Gasteiger partial charge is 0.0573 e. The maximum absolute atomic E-state index is 4.44. The lowest BCUT2D eigenvalue weighted by Gasteiger charge is -2.19. The molecule has 0 aliphatic carbocycles. The zero-order chi connectivity index (χ0) is 10.5. The molecule has 15 heavy (non-hydrogen) atoms. The highest BCUT2D eigenvalue weighted by Crippen LogP contribution is 2.08. The zero-order valence-corrected chi connectivity index (χ0v) is 9.37. The van der Waals surface area contributed by atoms with Gasteiger partial charge in [0, 0.05) is 25.8 Å². The fraction of sp³-hybridized carbons (Fsp3) is 0.583. The van der Waals surface area contributed by atoms with Crippen LogP contribution in [0.5, 0.6) is 0 Å². The van der Waals surface area contributed by atoms with E-state index in [1.165, 1.54) is 24.2 Å². The van der Waals surface area contributed by atoms with Gasteiger partial charge in [-0.1, -0.05) is 6.07 Å². The van der Waals surface area contributed by atoms with Crippen molar-refractivity contribution in [2.24, 2.45) is 0 Å². The van der Waals surface area contributed by atoms with Crippen LogP contribution >= 0.6 is 0 Å². The van der Waals surface area contributed by atoms with Crippen molar-refractivity contribution in [3.63, 3.8) is 0 Å². The summed E-state index contributed by atoms with van der Waals surface area (Å²) in [6.45, 7) is 7.70. The van der Waals surface area contributed by atoms with E-state index in [2.05, 4.69) is 28.2 Å². The second kappa shape index (κ2) is 5.24. The Labute approximate surface area is 91.5 Å². The van der Waals surface area contributed by atoms with E-state index < -0.39 is 0 Å². The molecule has 2 rings (SSSR count). The van der Waals surface area contributed by atoms with Gasteiger partial charge in [0.05, 0.1) is 5.69 Å². The number of hydrogen-bond acceptors (Lipinski definition) is 3. The Morgan fingerprint density at radius 3 is 3.20 bits per heavy atom. The fourth-order valence-electron chi connectivity index (χ4n) is 1.96. The lowest BCUT2D eigenvalue weighted by Crippen LogP contribution is -2.28. The predicted octanol–water partition coefficient (Wildman–Crippen LogP) is 1.19. The van der Waals surface area contributed by atoms with Crippen molar-refractivity contribution in [2.75, 3.05) is 26.2 Å². The molecular formula is C12H19N3. The molecule has 0 spiro atoms. The third-order valence-corrected chi connectivity index (χ3v) is 2.92. The summed E-state index contributed by atoms with van der Waals surface area (Å²) in [6, 6.07) is 4.14. The molecule has 1 aliphatic rings. The number of rotatable bonds is 2. The van der Waals surface area contributed by atoms with Crippen molar-refractivity contribution in [3.05, 3.63) is 29.6 Å². The van der Waals surface area contributed by atoms with Gasteiger partial charge in [-0.15, -0.1) is 0 Å². The summed E-state index contributed by atoms with van der Waals surface area (Å²) in [6.07, 6.45) is 3.13. The maximum atomic E-state index is 4.44. The van der Waals surface area contributed by atoms with Crippen LogP contribution in [0.2, 0.25) is 0 Å². The van der Waals surface area contributed by atoms with Crippen LogP contribution in [0.4, 0.5) is 0 Å². The Bertz CT molecular complexity index is 303. The first-order valence-corrected chi connectivity index (χ1v) is 5.70. The summed E-state index contributed by atoms with van der Waals surface area (Å²) in [5.41, 5.74) is 2.52. The first-order chi connectivity index (χ1) is 7.36. The molecule has 3 nitrogen and oxygen atoms in total. The van der Waals surface area contributed by atoms with Crippen molar-refractivity contribution in [3.8, 4) is 0 Å². The third kappa shape index (κ3) is 3.01. The maximum Gasteiger partial charge on any atom is 0.0573 e. The molecule has 0 aromatic carbocycles. The molecule has 0 atom stereocenters. The van der Waals surface area contributed by atoms with E-state index in [9.17, 15) is 0 Å². The SMILES string of the molecule is Cc1cccnc1CN1CCCNCC1. The average Bonchev–Trinajstić information content (AvgIpc) is 2.50. The lowest BCUT2D eigenvalue weighted by atomic mass is 10.2. The molecule has 1 aromatic rings. The molecule has 1 saturated heterocycles. The van der Waals surface area contributed by atoms with Gasteiger partial charge in [0.15, 0.2) is 0 Å². The van der Waals surface area contributed by atoms with E-state index >= 15 is 0 Å². The Morgan fingerprint density at radius 1 is 1.40 bits per heavy atom. The largest absolute Gasteiger partial charge is 0.315 e. The van der Waals surface area contributed by atoms with Crippen LogP contribution in [0.3, 0.4) is 0 Å². The summed E-state index contributed by atoms with van der Waals surface area (Å²) >= 11 is 0. The van der Waals surface area contributed by atoms with Gasteiger partial charge in [0.2, 0.25) is 0 Å². The minimum Gasteiger partial charge on any atom is -0.315 e. The molecule has 1 fully saturated rings. The first-order valence-electron chi connectivity index (χ1n) is 5.70. The molecule has 0 unspecified atom stereocenters. The van der Waals surface area contributed by atoms with Crippen LogP contribution < -0.4 is 5.32 Å². The van der Waals surface area contributed by atoms with Gasteiger partial charge in [0.25, 0.3) is 0 Å². The number of nitrogens with zero attached hydrogens (tertiary/aromatic N) is 2. The van der Waals surface area contributed by atoms with Crippen molar-refractivity contribution >= 4 is 0 Å². The lowest BCUT2D eigenvalue weighted by molar-refractivity contribution is 0.280. The number of aromatic nitrogens is 1. The second-order valence-electron chi connectivity index (χ2n) is 4.15. The van der Waals surface area contributed by atoms with Crippen LogP contribution in [0.15, 0.2) is 18.3 Å². The molecular weight excluding hydrogens is 186 g/mol. The van der Waals surface area contributed by atoms with Gasteiger partial charge >= 0.3 is 0 Å². The van der Waals surface area contributed by atoms with Gasteiger partial charge in [-0.3, -0.25) is 9.88 Å². The van der Waals surface area contributed by atoms with E-state index in [0.29, 0.717) is 0 Å². The average molecular weight is 205 g/mol. The molecule has 82 valence electrons. The molecule has 0 bridgehead atoms. The summed E-state index contributed by atoms with van der Waals surface area (Å²) in [7, 11) is 0. The van der Waals surface area contributed by atoms with Crippen molar-refractivity contribution < 1.29 is 0 Å². The van der Waals surface area contributed by atoms with Crippen LogP contribution in [-0.2, 0) is 6.54 Å². The quantitative estimate of drug-likeness (QED) is 0.786. The summed E-state index contributed by atoms with van der Waals surface area (Å²) in [5, 5.41) is 3.42. The Morgan fingerprint density at radius 2 is 2.33 bits per heavy atom. The van der Waals surface area contributed by atoms with Crippen LogP contribution in [0.25, 0.3) is 0 Å². The van der Waals surface area contributed by atoms with Crippen LogP contribution in [0.1, 0.15) is 17.7 Å². The Kier molecular flexibility index (Phi) is 3.69. The number of hydrogen-bond donors (Lipinski definition) is 1. The Hall–Kier alpha value is -0.930. The second-order valence-corrected chi connectivity index (χ2v) is 4.15. The number of nitrogens with one attached hydrogen (secondary N) is 1. The van der Waals surface area contributed by atoms with Crippen LogP contribution in [-0.4, -0.2) is 36.1 Å². The molecule has 0 amide bonds. The molecule has 3 heteroatoms. The van der Waals surface area contributed by atoms with E-state index in [-0.39, 0.29) is 0 Å². The Balaban J connectivity index is 1.98. The molecule has 2 heterocycles. The molecule has 1 aliphatic heterocycles. The highest BCUT2D eigenvalue weighted by atomic mass is 15.2. The first kappa shape index (κ1) is 10.6. The zero-order valence-electron chi connectivity index (χ0n) is 9.37. The minimum atomic E-state index is 0.994. The highest BCUT2D eigenvalue weighted by molar-refractivity contribution is 5.17. The molecule has 1 N–H and O–H groups in total. The minimum absolute atomic E-state index is 0.994. The fourth-order valence-corrected chi connectivity index (χ4v) is 1.96. The monoisotopic (exact) mass is 205 g/mol. The van der Waals surface area contributed by atoms with Gasteiger partial charge in [-0.2, -0.15) is 0 Å². The van der Waals surface area contributed by atoms with Gasteiger partial charge in [-0.25, -0.2) is 0 Å². The topological polar surface area (TPSA) is 28.2 Å². The van der Waals surface area contributed by atoms with E-state index in [4.69, 9.17) is 0 Å². The van der Waals surface area contributed by atoms with E-state index in [0.717, 1.165) is 26.2 Å². The summed E-state index contributed by atoms with van der Waals surface area (Å²) in [4.78, 5) is 6.92. The number of aryl methyl sites for hydroxylation is 1. The number of pyridine rings is 1. The molecule has 0 saturated carbocycles. The van der Waals surface area contributed by atoms with E-state index in [1.807, 2.05) is 12.3 Å². The molecule has 0 radical (unpaired) electrons. The predicted molar refractivity (Wildman–Crippen MR) is 61.7 cm³/mol. The van der Waals surface area contributed by atoms with Crippen molar-refractivity contribution in [2.45, 2.75) is 19.9 Å². The highest BCUT2D eigenvalue weighted by Gasteiger charge is 2.10. The van der Waals surface area contributed by atoms with Crippen molar-refractivity contribution in [1.29, 1.82) is 0 Å². The van der Waals surface area contributed by atoms with E-state index in [1.54, 1.807) is 0 Å². The van der Waals surface area contributed by atoms with Crippen LogP contribution in [0, 0.1) is 6.92 Å². The standard InChI is InChI=1S/C12H19N3/c1-11-4-2-6-14-12(11)10-15-8-3-5-13-7-9-15/h2,4,6,13H,3,5,7-10H2,1H3. The summed E-state index contributed by atoms with van der Waals surface area (Å²) < 4.78 is 0. The van der Waals surface area contributed by atoms with Gasteiger partial charge in [-0.05, 0) is 38.1 Å². The van der Waals surface area contributed by atoms with Gasteiger partial charge in [0.1, 0.15) is 0 Å². The van der Waals surface area contributed by atoms with Crippen molar-refractivity contribution in [1.82, 2.24) is 15.2 Å². The molecule has 1 aromatic heterocycles.